The van der Waals surface area contributed by atoms with Crippen molar-refractivity contribution in [2.24, 2.45) is 0 Å². The number of hydrogen-bond donors (Lipinski definition) is 1. The van der Waals surface area contributed by atoms with Gasteiger partial charge >= 0.3 is 5.97 Å². The Morgan fingerprint density at radius 1 is 0.941 bits per heavy atom. The third-order valence-corrected chi connectivity index (χ3v) is 7.01. The van der Waals surface area contributed by atoms with Gasteiger partial charge in [-0.3, -0.25) is 14.4 Å². The number of carboxylic acids is 1. The molecule has 2 aliphatic rings. The standard InChI is InChI=1S/C26H22Cl2N2O4/c27-20-11-6-12-21(28)23(20)25(31)24-19-10-5-4-9-18(19)17-14-29(24)30(34-15-17)22(26(32)33)13-16-7-2-1-3-8-16/h1-12,17,22,24H,13-15H2,(H,32,33). The van der Waals surface area contributed by atoms with E-state index in [1.165, 1.54) is 5.17 Å². The number of fused-ring (bicyclic) bond motifs is 4. The maximum atomic E-state index is 14.0. The van der Waals surface area contributed by atoms with Gasteiger partial charge in [-0.05, 0) is 28.8 Å². The molecule has 2 bridgehead atoms. The van der Waals surface area contributed by atoms with Crippen LogP contribution in [-0.2, 0) is 16.1 Å². The highest BCUT2D eigenvalue weighted by Gasteiger charge is 2.48. The summed E-state index contributed by atoms with van der Waals surface area (Å²) >= 11 is 12.8. The number of benzene rings is 3. The molecule has 1 N–H and O–H groups in total. The van der Waals surface area contributed by atoms with Crippen LogP contribution in [-0.4, -0.2) is 46.2 Å². The van der Waals surface area contributed by atoms with Crippen LogP contribution in [0, 0.1) is 0 Å². The summed E-state index contributed by atoms with van der Waals surface area (Å²) in [5.41, 5.74) is 2.88. The van der Waals surface area contributed by atoms with Crippen molar-refractivity contribution in [2.75, 3.05) is 13.2 Å². The van der Waals surface area contributed by atoms with Crippen LogP contribution in [0.2, 0.25) is 10.0 Å². The maximum absolute atomic E-state index is 14.0. The van der Waals surface area contributed by atoms with Crippen LogP contribution < -0.4 is 0 Å². The van der Waals surface area contributed by atoms with Gasteiger partial charge in [0.05, 0.1) is 22.2 Å². The molecule has 3 aromatic carbocycles. The molecule has 0 radical (unpaired) electrons. The van der Waals surface area contributed by atoms with Crippen LogP contribution in [0.3, 0.4) is 0 Å². The topological polar surface area (TPSA) is 70.1 Å². The number of carbonyl (C=O) groups excluding carboxylic acids is 1. The molecule has 0 aromatic heterocycles. The summed E-state index contributed by atoms with van der Waals surface area (Å²) in [4.78, 5) is 32.4. The molecular formula is C26H22Cl2N2O4. The van der Waals surface area contributed by atoms with E-state index in [0.29, 0.717) is 13.2 Å². The summed E-state index contributed by atoms with van der Waals surface area (Å²) in [6.45, 7) is 0.758. The lowest BCUT2D eigenvalue weighted by molar-refractivity contribution is -0.342. The molecule has 0 amide bonds. The Morgan fingerprint density at radius 3 is 2.26 bits per heavy atom. The van der Waals surface area contributed by atoms with Crippen LogP contribution in [0.5, 0.6) is 0 Å². The second-order valence-electron chi connectivity index (χ2n) is 8.45. The van der Waals surface area contributed by atoms with Crippen LogP contribution in [0.25, 0.3) is 0 Å². The lowest BCUT2D eigenvalue weighted by Crippen LogP contribution is -2.61. The number of aliphatic carboxylic acids is 1. The van der Waals surface area contributed by atoms with Crippen molar-refractivity contribution in [1.29, 1.82) is 0 Å². The van der Waals surface area contributed by atoms with Gasteiger partial charge in [-0.25, -0.2) is 5.01 Å². The molecule has 4 unspecified atom stereocenters. The van der Waals surface area contributed by atoms with Gasteiger partial charge in [0.15, 0.2) is 11.8 Å². The Kier molecular flexibility index (Phi) is 6.42. The van der Waals surface area contributed by atoms with Crippen molar-refractivity contribution in [3.63, 3.8) is 0 Å². The van der Waals surface area contributed by atoms with E-state index < -0.39 is 18.1 Å². The van der Waals surface area contributed by atoms with Crippen LogP contribution in [0.15, 0.2) is 72.8 Å². The number of Topliss-reactive ketones (excluding diaryl/α,β-unsaturated/α-hetero) is 1. The second-order valence-corrected chi connectivity index (χ2v) is 9.27. The van der Waals surface area contributed by atoms with Gasteiger partial charge in [0.1, 0.15) is 6.04 Å². The lowest BCUT2D eigenvalue weighted by atomic mass is 9.83. The fraction of sp³-hybridized carbons (Fsp3) is 0.231. The smallest absolute Gasteiger partial charge is 0.325 e. The van der Waals surface area contributed by atoms with E-state index in [2.05, 4.69) is 0 Å². The first-order chi connectivity index (χ1) is 16.5. The van der Waals surface area contributed by atoms with E-state index in [-0.39, 0.29) is 33.7 Å². The molecule has 4 atom stereocenters. The minimum absolute atomic E-state index is 0.00406. The molecule has 0 aliphatic carbocycles. The fourth-order valence-electron chi connectivity index (χ4n) is 4.81. The van der Waals surface area contributed by atoms with Gasteiger partial charge < -0.3 is 5.11 Å². The summed E-state index contributed by atoms with van der Waals surface area (Å²) in [6, 6.07) is 20.1. The highest BCUT2D eigenvalue weighted by atomic mass is 35.5. The molecule has 0 saturated carbocycles. The van der Waals surface area contributed by atoms with E-state index in [4.69, 9.17) is 28.0 Å². The summed E-state index contributed by atoms with van der Waals surface area (Å²) in [7, 11) is 0. The van der Waals surface area contributed by atoms with Crippen LogP contribution in [0.4, 0.5) is 0 Å². The Hall–Kier alpha value is -2.74. The molecule has 3 aromatic rings. The largest absolute Gasteiger partial charge is 0.480 e. The third kappa shape index (κ3) is 4.13. The summed E-state index contributed by atoms with van der Waals surface area (Å²) < 4.78 is 0. The van der Waals surface area contributed by atoms with Crippen molar-refractivity contribution in [2.45, 2.75) is 24.4 Å². The highest BCUT2D eigenvalue weighted by Crippen LogP contribution is 2.43. The van der Waals surface area contributed by atoms with Crippen molar-refractivity contribution in [1.82, 2.24) is 10.2 Å². The SMILES string of the molecule is O=C(c1c(Cl)cccc1Cl)C1c2ccccc2C2CON(C(Cc3ccccc3)C(=O)O)N1C2. The van der Waals surface area contributed by atoms with E-state index in [9.17, 15) is 14.7 Å². The maximum Gasteiger partial charge on any atom is 0.325 e. The van der Waals surface area contributed by atoms with Crippen molar-refractivity contribution in [3.05, 3.63) is 105 Å². The molecule has 1 fully saturated rings. The monoisotopic (exact) mass is 496 g/mol. The summed E-state index contributed by atoms with van der Waals surface area (Å²) in [6.07, 6.45) is 0.215. The first kappa shape index (κ1) is 23.0. The summed E-state index contributed by atoms with van der Waals surface area (Å²) in [5.74, 6) is -1.34. The van der Waals surface area contributed by atoms with Crippen molar-refractivity contribution >= 4 is 35.0 Å². The van der Waals surface area contributed by atoms with Gasteiger partial charge in [0.2, 0.25) is 0 Å². The number of hydrazine groups is 1. The molecule has 174 valence electrons. The number of ketones is 1. The predicted molar refractivity (Wildman–Crippen MR) is 129 cm³/mol. The van der Waals surface area contributed by atoms with Gasteiger partial charge in [-0.1, -0.05) is 83.9 Å². The number of halogens is 2. The van der Waals surface area contributed by atoms with Crippen LogP contribution in [0.1, 0.15) is 39.0 Å². The summed E-state index contributed by atoms with van der Waals surface area (Å²) in [5, 5.41) is 13.7. The molecule has 0 spiro atoms. The number of nitrogens with zero attached hydrogens (tertiary/aromatic N) is 2. The van der Waals surface area contributed by atoms with Gasteiger partial charge in [-0.2, -0.15) is 0 Å². The number of hydrogen-bond acceptors (Lipinski definition) is 5. The molecule has 6 nitrogen and oxygen atoms in total. The average molecular weight is 497 g/mol. The Bertz CT molecular complexity index is 1220. The van der Waals surface area contributed by atoms with Gasteiger partial charge in [0, 0.05) is 18.9 Å². The quantitative estimate of drug-likeness (QED) is 0.474. The molecule has 2 aliphatic heterocycles. The zero-order valence-electron chi connectivity index (χ0n) is 18.1. The number of rotatable bonds is 6. The Labute approximate surface area is 207 Å². The minimum Gasteiger partial charge on any atom is -0.480 e. The van der Waals surface area contributed by atoms with E-state index in [0.717, 1.165) is 16.7 Å². The number of hydroxylamine groups is 1. The fourth-order valence-corrected chi connectivity index (χ4v) is 5.40. The number of carbonyl (C=O) groups is 2. The van der Waals surface area contributed by atoms with E-state index >= 15 is 0 Å². The van der Waals surface area contributed by atoms with Crippen LogP contribution >= 0.6 is 23.2 Å². The lowest BCUT2D eigenvalue weighted by Gasteiger charge is -2.50. The first-order valence-corrected chi connectivity index (χ1v) is 11.7. The number of carboxylic acid groups (broad SMARTS) is 1. The molecule has 2 heterocycles. The Morgan fingerprint density at radius 2 is 1.59 bits per heavy atom. The Balaban J connectivity index is 1.59. The second kappa shape index (κ2) is 9.49. The van der Waals surface area contributed by atoms with Gasteiger partial charge in [0.25, 0.3) is 0 Å². The molecular weight excluding hydrogens is 475 g/mol. The van der Waals surface area contributed by atoms with Crippen molar-refractivity contribution < 1.29 is 19.5 Å². The normalized spacial score (nSPS) is 22.6. The van der Waals surface area contributed by atoms with E-state index in [1.807, 2.05) is 54.6 Å². The molecule has 5 rings (SSSR count). The highest BCUT2D eigenvalue weighted by molar-refractivity contribution is 6.40. The zero-order valence-corrected chi connectivity index (χ0v) is 19.6. The minimum atomic E-state index is -1.04. The molecule has 34 heavy (non-hydrogen) atoms. The first-order valence-electron chi connectivity index (χ1n) is 11.0. The predicted octanol–water partition coefficient (Wildman–Crippen LogP) is 5.17. The third-order valence-electron chi connectivity index (χ3n) is 6.38. The van der Waals surface area contributed by atoms with Crippen molar-refractivity contribution in [3.8, 4) is 0 Å². The van der Waals surface area contributed by atoms with Gasteiger partial charge in [-0.15, -0.1) is 5.17 Å². The average Bonchev–Trinajstić information content (AvgIpc) is 2.83. The zero-order chi connectivity index (χ0) is 23.8. The molecule has 8 heteroatoms. The van der Waals surface area contributed by atoms with E-state index in [1.54, 1.807) is 23.2 Å². The molecule has 1 saturated heterocycles.